The Bertz CT molecular complexity index is 437. The lowest BCUT2D eigenvalue weighted by Gasteiger charge is -2.24. The molecule has 1 aliphatic rings. The predicted molar refractivity (Wildman–Crippen MR) is 67.0 cm³/mol. The third-order valence-electron chi connectivity index (χ3n) is 3.73. The lowest BCUT2D eigenvalue weighted by atomic mass is 9.81. The average molecular weight is 251 g/mol. The number of hydrogen-bond acceptors (Lipinski definition) is 3. The first-order chi connectivity index (χ1) is 8.43. The molecule has 1 unspecified atom stereocenters. The van der Waals surface area contributed by atoms with Crippen molar-refractivity contribution < 1.29 is 9.90 Å². The molecule has 2 rings (SSSR count). The Labute approximate surface area is 107 Å². The lowest BCUT2D eigenvalue weighted by molar-refractivity contribution is -0.149. The summed E-state index contributed by atoms with van der Waals surface area (Å²) < 4.78 is 1.84. The molecular weight excluding hydrogens is 230 g/mol. The zero-order valence-electron chi connectivity index (χ0n) is 11.3. The fourth-order valence-electron chi connectivity index (χ4n) is 2.37. The van der Waals surface area contributed by atoms with Gasteiger partial charge in [0.2, 0.25) is 0 Å². The van der Waals surface area contributed by atoms with Crippen LogP contribution in [0.4, 0.5) is 0 Å². The van der Waals surface area contributed by atoms with Gasteiger partial charge in [-0.3, -0.25) is 4.79 Å². The van der Waals surface area contributed by atoms with Crippen LogP contribution in [0.5, 0.6) is 0 Å². The van der Waals surface area contributed by atoms with Crippen LogP contribution >= 0.6 is 0 Å². The van der Waals surface area contributed by atoms with Crippen LogP contribution in [0.15, 0.2) is 6.33 Å². The molecule has 1 heterocycles. The minimum absolute atomic E-state index is 0.291. The number of hydrogen-bond donors (Lipinski definition) is 1. The SMILES string of the molecule is CC(C)Cn1ncnc1CC(C)(C(=O)O)C1CC1. The number of nitrogens with zero attached hydrogens (tertiary/aromatic N) is 3. The van der Waals surface area contributed by atoms with Crippen LogP contribution in [0.25, 0.3) is 0 Å². The van der Waals surface area contributed by atoms with Crippen molar-refractivity contribution in [2.24, 2.45) is 17.3 Å². The minimum atomic E-state index is -0.718. The average Bonchev–Trinajstić information content (AvgIpc) is 3.04. The van der Waals surface area contributed by atoms with E-state index in [2.05, 4.69) is 23.9 Å². The molecule has 1 aliphatic carbocycles. The largest absolute Gasteiger partial charge is 0.481 e. The van der Waals surface area contributed by atoms with Crippen LogP contribution < -0.4 is 0 Å². The van der Waals surface area contributed by atoms with Crippen LogP contribution in [0.3, 0.4) is 0 Å². The molecule has 0 radical (unpaired) electrons. The quantitative estimate of drug-likeness (QED) is 0.839. The summed E-state index contributed by atoms with van der Waals surface area (Å²) in [6, 6.07) is 0. The van der Waals surface area contributed by atoms with Crippen molar-refractivity contribution in [1.29, 1.82) is 0 Å². The first-order valence-corrected chi connectivity index (χ1v) is 6.53. The van der Waals surface area contributed by atoms with Gasteiger partial charge in [0.1, 0.15) is 12.2 Å². The van der Waals surface area contributed by atoms with E-state index in [4.69, 9.17) is 0 Å². The molecule has 1 aromatic heterocycles. The fraction of sp³-hybridized carbons (Fsp3) is 0.769. The molecule has 1 N–H and O–H groups in total. The Balaban J connectivity index is 2.17. The Morgan fingerprint density at radius 2 is 2.28 bits per heavy atom. The van der Waals surface area contributed by atoms with Crippen LogP contribution in [0.2, 0.25) is 0 Å². The van der Waals surface area contributed by atoms with Crippen molar-refractivity contribution in [1.82, 2.24) is 14.8 Å². The van der Waals surface area contributed by atoms with Gasteiger partial charge in [0.25, 0.3) is 0 Å². The van der Waals surface area contributed by atoms with Gasteiger partial charge in [0.05, 0.1) is 5.41 Å². The summed E-state index contributed by atoms with van der Waals surface area (Å²) in [4.78, 5) is 15.7. The summed E-state index contributed by atoms with van der Waals surface area (Å²) in [7, 11) is 0. The first-order valence-electron chi connectivity index (χ1n) is 6.53. The van der Waals surface area contributed by atoms with Crippen LogP contribution in [-0.2, 0) is 17.8 Å². The molecule has 5 nitrogen and oxygen atoms in total. The lowest BCUT2D eigenvalue weighted by Crippen LogP contribution is -2.33. The highest BCUT2D eigenvalue weighted by atomic mass is 16.4. The molecule has 1 aromatic rings. The smallest absolute Gasteiger partial charge is 0.310 e. The minimum Gasteiger partial charge on any atom is -0.481 e. The molecular formula is C13H21N3O2. The molecule has 5 heteroatoms. The van der Waals surface area contributed by atoms with Gasteiger partial charge in [-0.2, -0.15) is 5.10 Å². The zero-order chi connectivity index (χ0) is 13.3. The normalized spacial score (nSPS) is 18.9. The second-order valence-corrected chi connectivity index (χ2v) is 5.93. The van der Waals surface area contributed by atoms with E-state index in [-0.39, 0.29) is 0 Å². The van der Waals surface area contributed by atoms with Crippen LogP contribution in [0, 0.1) is 17.3 Å². The van der Waals surface area contributed by atoms with Crippen LogP contribution in [0.1, 0.15) is 39.4 Å². The van der Waals surface area contributed by atoms with Crippen molar-refractivity contribution in [3.63, 3.8) is 0 Å². The van der Waals surface area contributed by atoms with E-state index in [9.17, 15) is 9.90 Å². The highest BCUT2D eigenvalue weighted by Crippen LogP contribution is 2.47. The molecule has 1 fully saturated rings. The summed E-state index contributed by atoms with van der Waals surface area (Å²) in [5.41, 5.74) is -0.693. The van der Waals surface area contributed by atoms with Gasteiger partial charge in [-0.1, -0.05) is 13.8 Å². The van der Waals surface area contributed by atoms with Crippen molar-refractivity contribution in [2.45, 2.75) is 46.6 Å². The molecule has 0 bridgehead atoms. The van der Waals surface area contributed by atoms with Crippen molar-refractivity contribution in [2.75, 3.05) is 0 Å². The molecule has 18 heavy (non-hydrogen) atoms. The molecule has 0 spiro atoms. The Morgan fingerprint density at radius 3 is 2.78 bits per heavy atom. The van der Waals surface area contributed by atoms with Crippen molar-refractivity contribution >= 4 is 5.97 Å². The number of carboxylic acid groups (broad SMARTS) is 1. The fourth-order valence-corrected chi connectivity index (χ4v) is 2.37. The second-order valence-electron chi connectivity index (χ2n) is 5.93. The summed E-state index contributed by atoms with van der Waals surface area (Å²) in [5.74, 6) is 0.839. The predicted octanol–water partition coefficient (Wildman–Crippen LogP) is 1.98. The zero-order valence-corrected chi connectivity index (χ0v) is 11.3. The van der Waals surface area contributed by atoms with E-state index in [1.807, 2.05) is 11.6 Å². The Hall–Kier alpha value is -1.39. The number of carboxylic acids is 1. The van der Waals surface area contributed by atoms with Gasteiger partial charge in [0.15, 0.2) is 0 Å². The van der Waals surface area contributed by atoms with Gasteiger partial charge in [-0.05, 0) is 31.6 Å². The summed E-state index contributed by atoms with van der Waals surface area (Å²) in [6.07, 6.45) is 4.02. The maximum absolute atomic E-state index is 11.5. The monoisotopic (exact) mass is 251 g/mol. The van der Waals surface area contributed by atoms with Crippen LogP contribution in [-0.4, -0.2) is 25.8 Å². The number of carbonyl (C=O) groups is 1. The summed E-state index contributed by atoms with van der Waals surface area (Å²) in [6.45, 7) is 6.85. The standard InChI is InChI=1S/C13H21N3O2/c1-9(2)7-16-11(14-8-15-16)6-13(3,12(17)18)10-4-5-10/h8-10H,4-7H2,1-3H3,(H,17,18). The molecule has 100 valence electrons. The second kappa shape index (κ2) is 4.71. The van der Waals surface area contributed by atoms with E-state index in [1.165, 1.54) is 6.33 Å². The van der Waals surface area contributed by atoms with Gasteiger partial charge in [-0.25, -0.2) is 9.67 Å². The molecule has 0 saturated heterocycles. The van der Waals surface area contributed by atoms with Gasteiger partial charge < -0.3 is 5.11 Å². The van der Waals surface area contributed by atoms with E-state index in [0.29, 0.717) is 18.3 Å². The molecule has 0 amide bonds. The summed E-state index contributed by atoms with van der Waals surface area (Å²) in [5, 5.41) is 13.6. The Kier molecular flexibility index (Phi) is 3.41. The third kappa shape index (κ3) is 2.54. The maximum Gasteiger partial charge on any atom is 0.310 e. The van der Waals surface area contributed by atoms with Crippen molar-refractivity contribution in [3.05, 3.63) is 12.2 Å². The molecule has 0 aliphatic heterocycles. The third-order valence-corrected chi connectivity index (χ3v) is 3.73. The number of rotatable bonds is 6. The Morgan fingerprint density at radius 1 is 1.61 bits per heavy atom. The van der Waals surface area contributed by atoms with E-state index in [0.717, 1.165) is 25.2 Å². The van der Waals surface area contributed by atoms with Gasteiger partial charge >= 0.3 is 5.97 Å². The highest BCUT2D eigenvalue weighted by molar-refractivity contribution is 5.75. The van der Waals surface area contributed by atoms with Gasteiger partial charge in [-0.15, -0.1) is 0 Å². The molecule has 1 saturated carbocycles. The van der Waals surface area contributed by atoms with Crippen molar-refractivity contribution in [3.8, 4) is 0 Å². The van der Waals surface area contributed by atoms with Gasteiger partial charge in [0, 0.05) is 13.0 Å². The highest BCUT2D eigenvalue weighted by Gasteiger charge is 2.48. The number of aromatic nitrogens is 3. The maximum atomic E-state index is 11.5. The topological polar surface area (TPSA) is 68.0 Å². The van der Waals surface area contributed by atoms with E-state index < -0.39 is 11.4 Å². The first kappa shape index (κ1) is 13.1. The summed E-state index contributed by atoms with van der Waals surface area (Å²) >= 11 is 0. The van der Waals surface area contributed by atoms with E-state index >= 15 is 0 Å². The van der Waals surface area contributed by atoms with E-state index in [1.54, 1.807) is 0 Å². The molecule has 1 atom stereocenters. The number of aliphatic carboxylic acids is 1. The molecule has 0 aromatic carbocycles.